The number of benzene rings is 1. The zero-order valence-corrected chi connectivity index (χ0v) is 15.5. The van der Waals surface area contributed by atoms with Crippen LogP contribution in [-0.2, 0) is 12.8 Å². The molecule has 2 heterocycles. The van der Waals surface area contributed by atoms with Gasteiger partial charge in [0.25, 0.3) is 5.91 Å². The number of anilines is 1. The molecule has 5 heteroatoms. The van der Waals surface area contributed by atoms with E-state index < -0.39 is 0 Å². The first-order valence-electron chi connectivity index (χ1n) is 9.10. The molecule has 3 rings (SSSR count). The summed E-state index contributed by atoms with van der Waals surface area (Å²) >= 11 is 0. The van der Waals surface area contributed by atoms with Crippen molar-refractivity contribution in [3.05, 3.63) is 89.9 Å². The van der Waals surface area contributed by atoms with Crippen LogP contribution in [-0.4, -0.2) is 36.0 Å². The molecule has 0 atom stereocenters. The van der Waals surface area contributed by atoms with Crippen molar-refractivity contribution in [2.75, 3.05) is 25.0 Å². The third-order valence-corrected chi connectivity index (χ3v) is 4.43. The van der Waals surface area contributed by atoms with E-state index in [4.69, 9.17) is 0 Å². The van der Waals surface area contributed by atoms with Crippen LogP contribution in [0.15, 0.2) is 73.2 Å². The molecule has 1 aromatic carbocycles. The van der Waals surface area contributed by atoms with Crippen LogP contribution in [0.25, 0.3) is 0 Å². The minimum Gasteiger partial charge on any atom is -0.359 e. The molecule has 0 radical (unpaired) electrons. The van der Waals surface area contributed by atoms with E-state index in [1.165, 1.54) is 11.1 Å². The van der Waals surface area contributed by atoms with Gasteiger partial charge >= 0.3 is 0 Å². The molecule has 0 bridgehead atoms. The van der Waals surface area contributed by atoms with Crippen molar-refractivity contribution in [2.45, 2.75) is 12.8 Å². The third kappa shape index (κ3) is 5.64. The van der Waals surface area contributed by atoms with Crippen LogP contribution < -0.4 is 10.2 Å². The van der Waals surface area contributed by atoms with E-state index in [-0.39, 0.29) is 5.91 Å². The average Bonchev–Trinajstić information content (AvgIpc) is 2.73. The lowest BCUT2D eigenvalue weighted by atomic mass is 10.1. The molecule has 138 valence electrons. The predicted octanol–water partition coefficient (Wildman–Crippen LogP) is 3.13. The minimum atomic E-state index is -0.0721. The maximum Gasteiger partial charge on any atom is 0.251 e. The monoisotopic (exact) mass is 360 g/mol. The third-order valence-electron chi connectivity index (χ3n) is 4.43. The smallest absolute Gasteiger partial charge is 0.251 e. The van der Waals surface area contributed by atoms with Crippen molar-refractivity contribution < 1.29 is 4.79 Å². The Labute approximate surface area is 160 Å². The SMILES string of the molecule is CN(CCc1ccncc1)c1cc(C(=O)NCCc2ccccc2)ccn1. The van der Waals surface area contributed by atoms with Crippen molar-refractivity contribution in [3.63, 3.8) is 0 Å². The number of carbonyl (C=O) groups excluding carboxylic acids is 1. The van der Waals surface area contributed by atoms with Gasteiger partial charge in [-0.05, 0) is 48.2 Å². The number of nitrogens with zero attached hydrogens (tertiary/aromatic N) is 3. The van der Waals surface area contributed by atoms with Crippen molar-refractivity contribution in [1.82, 2.24) is 15.3 Å². The molecule has 0 aliphatic heterocycles. The van der Waals surface area contributed by atoms with Crippen molar-refractivity contribution in [2.24, 2.45) is 0 Å². The summed E-state index contributed by atoms with van der Waals surface area (Å²) in [4.78, 5) is 22.9. The first-order valence-corrected chi connectivity index (χ1v) is 9.10. The Bertz CT molecular complexity index is 852. The minimum absolute atomic E-state index is 0.0721. The van der Waals surface area contributed by atoms with E-state index in [2.05, 4.69) is 32.3 Å². The van der Waals surface area contributed by atoms with Crippen molar-refractivity contribution in [3.8, 4) is 0 Å². The Balaban J connectivity index is 1.53. The van der Waals surface area contributed by atoms with Crippen LogP contribution in [0.1, 0.15) is 21.5 Å². The number of pyridine rings is 2. The van der Waals surface area contributed by atoms with E-state index in [1.807, 2.05) is 43.4 Å². The van der Waals surface area contributed by atoms with Gasteiger partial charge in [0.2, 0.25) is 0 Å². The van der Waals surface area contributed by atoms with Gasteiger partial charge in [0.05, 0.1) is 0 Å². The number of hydrogen-bond acceptors (Lipinski definition) is 4. The molecule has 0 saturated carbocycles. The lowest BCUT2D eigenvalue weighted by Crippen LogP contribution is -2.26. The Kier molecular flexibility index (Phi) is 6.52. The van der Waals surface area contributed by atoms with Gasteiger partial charge in [-0.15, -0.1) is 0 Å². The van der Waals surface area contributed by atoms with Gasteiger partial charge in [0, 0.05) is 44.3 Å². The molecule has 1 amide bonds. The van der Waals surface area contributed by atoms with Gasteiger partial charge in [0.15, 0.2) is 0 Å². The van der Waals surface area contributed by atoms with Crippen LogP contribution in [0.2, 0.25) is 0 Å². The summed E-state index contributed by atoms with van der Waals surface area (Å²) in [6.07, 6.45) is 7.00. The molecule has 0 fully saturated rings. The highest BCUT2D eigenvalue weighted by Gasteiger charge is 2.09. The topological polar surface area (TPSA) is 58.1 Å². The maximum atomic E-state index is 12.4. The maximum absolute atomic E-state index is 12.4. The van der Waals surface area contributed by atoms with Crippen molar-refractivity contribution >= 4 is 11.7 Å². The second-order valence-electron chi connectivity index (χ2n) is 6.42. The van der Waals surface area contributed by atoms with Gasteiger partial charge in [-0.2, -0.15) is 0 Å². The number of carbonyl (C=O) groups is 1. The fourth-order valence-electron chi connectivity index (χ4n) is 2.80. The number of amides is 1. The molecule has 2 aromatic heterocycles. The second kappa shape index (κ2) is 9.48. The molecule has 0 unspecified atom stereocenters. The Morgan fingerprint density at radius 3 is 2.48 bits per heavy atom. The summed E-state index contributed by atoms with van der Waals surface area (Å²) in [6, 6.07) is 17.7. The number of aromatic nitrogens is 2. The zero-order chi connectivity index (χ0) is 18.9. The first-order chi connectivity index (χ1) is 13.2. The fourth-order valence-corrected chi connectivity index (χ4v) is 2.80. The fraction of sp³-hybridized carbons (Fsp3) is 0.227. The Hall–Kier alpha value is -3.21. The van der Waals surface area contributed by atoms with E-state index in [9.17, 15) is 4.79 Å². The average molecular weight is 360 g/mol. The van der Waals surface area contributed by atoms with Crippen LogP contribution in [0.5, 0.6) is 0 Å². The first kappa shape index (κ1) is 18.6. The van der Waals surface area contributed by atoms with Gasteiger partial charge in [-0.1, -0.05) is 30.3 Å². The van der Waals surface area contributed by atoms with Crippen LogP contribution in [0, 0.1) is 0 Å². The molecule has 0 aliphatic carbocycles. The summed E-state index contributed by atoms with van der Waals surface area (Å²) in [6.45, 7) is 1.43. The molecule has 0 aliphatic rings. The van der Waals surface area contributed by atoms with E-state index in [0.29, 0.717) is 12.1 Å². The molecule has 5 nitrogen and oxygen atoms in total. The zero-order valence-electron chi connectivity index (χ0n) is 15.5. The lowest BCUT2D eigenvalue weighted by Gasteiger charge is -2.18. The van der Waals surface area contributed by atoms with Gasteiger partial charge in [-0.25, -0.2) is 4.98 Å². The van der Waals surface area contributed by atoms with E-state index >= 15 is 0 Å². The molecular weight excluding hydrogens is 336 g/mol. The summed E-state index contributed by atoms with van der Waals surface area (Å²) in [5.41, 5.74) is 3.07. The molecule has 27 heavy (non-hydrogen) atoms. The molecule has 1 N–H and O–H groups in total. The van der Waals surface area contributed by atoms with Crippen LogP contribution >= 0.6 is 0 Å². The summed E-state index contributed by atoms with van der Waals surface area (Å²) < 4.78 is 0. The highest BCUT2D eigenvalue weighted by molar-refractivity contribution is 5.94. The summed E-state index contributed by atoms with van der Waals surface area (Å²) in [5.74, 6) is 0.719. The molecular formula is C22H24N4O. The van der Waals surface area contributed by atoms with E-state index in [0.717, 1.165) is 25.2 Å². The Morgan fingerprint density at radius 1 is 0.963 bits per heavy atom. The number of hydrogen-bond donors (Lipinski definition) is 1. The van der Waals surface area contributed by atoms with Gasteiger partial charge in [0.1, 0.15) is 5.82 Å². The lowest BCUT2D eigenvalue weighted by molar-refractivity contribution is 0.0954. The van der Waals surface area contributed by atoms with E-state index in [1.54, 1.807) is 24.7 Å². The molecule has 0 spiro atoms. The predicted molar refractivity (Wildman–Crippen MR) is 108 cm³/mol. The Morgan fingerprint density at radius 2 is 1.70 bits per heavy atom. The van der Waals surface area contributed by atoms with Crippen molar-refractivity contribution in [1.29, 1.82) is 0 Å². The number of rotatable bonds is 8. The standard InChI is InChI=1S/C22H24N4O/c1-26(16-11-19-7-12-23-13-8-19)21-17-20(10-15-24-21)22(27)25-14-9-18-5-3-2-4-6-18/h2-8,10,12-13,15,17H,9,11,14,16H2,1H3,(H,25,27). The highest BCUT2D eigenvalue weighted by Crippen LogP contribution is 2.12. The summed E-state index contributed by atoms with van der Waals surface area (Å²) in [5, 5.41) is 2.98. The van der Waals surface area contributed by atoms with Crippen LogP contribution in [0.3, 0.4) is 0 Å². The summed E-state index contributed by atoms with van der Waals surface area (Å²) in [7, 11) is 1.99. The van der Waals surface area contributed by atoms with Gasteiger partial charge < -0.3 is 10.2 Å². The van der Waals surface area contributed by atoms with Crippen LogP contribution in [0.4, 0.5) is 5.82 Å². The molecule has 3 aromatic rings. The van der Waals surface area contributed by atoms with Gasteiger partial charge in [-0.3, -0.25) is 9.78 Å². The quantitative estimate of drug-likeness (QED) is 0.670. The molecule has 0 saturated heterocycles. The second-order valence-corrected chi connectivity index (χ2v) is 6.42. The largest absolute Gasteiger partial charge is 0.359 e. The normalized spacial score (nSPS) is 10.4. The highest BCUT2D eigenvalue weighted by atomic mass is 16.1. The number of nitrogens with one attached hydrogen (secondary N) is 1. The number of likely N-dealkylation sites (N-methyl/N-ethyl adjacent to an activating group) is 1.